The second-order valence-corrected chi connectivity index (χ2v) is 5.81. The van der Waals surface area contributed by atoms with Crippen molar-refractivity contribution in [2.24, 2.45) is 0 Å². The number of aryl methyl sites for hydroxylation is 1. The van der Waals surface area contributed by atoms with E-state index in [0.29, 0.717) is 13.1 Å². The van der Waals surface area contributed by atoms with Crippen LogP contribution in [0.25, 0.3) is 0 Å². The minimum absolute atomic E-state index is 0.141. The van der Waals surface area contributed by atoms with Crippen molar-refractivity contribution >= 4 is 6.03 Å². The maximum atomic E-state index is 12.0. The van der Waals surface area contributed by atoms with Gasteiger partial charge in [-0.2, -0.15) is 0 Å². The molecule has 0 aliphatic rings. The maximum absolute atomic E-state index is 12.0. The number of likely N-dealkylation sites (N-methyl/N-ethyl adjacent to an activating group) is 1. The first kappa shape index (κ1) is 17.0. The van der Waals surface area contributed by atoms with Gasteiger partial charge in [0.2, 0.25) is 0 Å². The number of benzene rings is 1. The van der Waals surface area contributed by atoms with Gasteiger partial charge in [0, 0.05) is 25.5 Å². The Balaban J connectivity index is 1.86. The molecule has 0 aliphatic heterocycles. The first-order valence-corrected chi connectivity index (χ1v) is 7.70. The van der Waals surface area contributed by atoms with Gasteiger partial charge in [-0.3, -0.25) is 4.98 Å². The second kappa shape index (κ2) is 8.29. The highest BCUT2D eigenvalue weighted by atomic mass is 16.2. The van der Waals surface area contributed by atoms with Gasteiger partial charge in [0.05, 0.1) is 6.04 Å². The molecule has 1 aromatic heterocycles. The quantitative estimate of drug-likeness (QED) is 0.861. The van der Waals surface area contributed by atoms with E-state index < -0.39 is 0 Å². The fourth-order valence-corrected chi connectivity index (χ4v) is 2.32. The van der Waals surface area contributed by atoms with Crippen LogP contribution in [0.1, 0.15) is 22.7 Å². The van der Waals surface area contributed by atoms with Crippen LogP contribution in [0, 0.1) is 6.92 Å². The highest BCUT2D eigenvalue weighted by Crippen LogP contribution is 2.17. The van der Waals surface area contributed by atoms with Gasteiger partial charge in [-0.15, -0.1) is 0 Å². The molecule has 0 radical (unpaired) electrons. The zero-order chi connectivity index (χ0) is 16.7. The van der Waals surface area contributed by atoms with Crippen LogP contribution in [0.4, 0.5) is 4.79 Å². The summed E-state index contributed by atoms with van der Waals surface area (Å²) in [7, 11) is 4.03. The van der Waals surface area contributed by atoms with Crippen LogP contribution < -0.4 is 10.6 Å². The van der Waals surface area contributed by atoms with E-state index in [1.54, 1.807) is 12.4 Å². The molecule has 23 heavy (non-hydrogen) atoms. The molecule has 0 spiro atoms. The van der Waals surface area contributed by atoms with Crippen molar-refractivity contribution in [3.8, 4) is 0 Å². The van der Waals surface area contributed by atoms with Crippen molar-refractivity contribution < 1.29 is 4.79 Å². The number of rotatable bonds is 6. The molecule has 1 atom stereocenters. The predicted octanol–water partition coefficient (Wildman–Crippen LogP) is 2.49. The highest BCUT2D eigenvalue weighted by molar-refractivity contribution is 5.73. The summed E-state index contributed by atoms with van der Waals surface area (Å²) in [6.45, 7) is 3.11. The number of nitrogens with zero attached hydrogens (tertiary/aromatic N) is 2. The molecule has 2 N–H and O–H groups in total. The van der Waals surface area contributed by atoms with Crippen molar-refractivity contribution in [2.75, 3.05) is 20.6 Å². The molecule has 2 aromatic rings. The Morgan fingerprint density at radius 3 is 2.35 bits per heavy atom. The van der Waals surface area contributed by atoms with E-state index >= 15 is 0 Å². The van der Waals surface area contributed by atoms with Crippen molar-refractivity contribution in [3.05, 3.63) is 65.5 Å². The number of aromatic nitrogens is 1. The molecule has 1 heterocycles. The fourth-order valence-electron chi connectivity index (χ4n) is 2.32. The number of hydrogen-bond donors (Lipinski definition) is 2. The van der Waals surface area contributed by atoms with Gasteiger partial charge in [-0.25, -0.2) is 4.79 Å². The van der Waals surface area contributed by atoms with E-state index in [4.69, 9.17) is 0 Å². The number of carbonyl (C=O) groups excluding carboxylic acids is 1. The zero-order valence-electron chi connectivity index (χ0n) is 13.9. The van der Waals surface area contributed by atoms with Crippen LogP contribution in [0.2, 0.25) is 0 Å². The Hall–Kier alpha value is -2.40. The fraction of sp³-hybridized carbons (Fsp3) is 0.333. The first-order valence-electron chi connectivity index (χ1n) is 7.70. The number of nitrogens with one attached hydrogen (secondary N) is 2. The Kier molecular flexibility index (Phi) is 6.11. The van der Waals surface area contributed by atoms with E-state index in [9.17, 15) is 4.79 Å². The van der Waals surface area contributed by atoms with Crippen LogP contribution in [0.5, 0.6) is 0 Å². The molecule has 5 nitrogen and oxygen atoms in total. The molecule has 0 fully saturated rings. The monoisotopic (exact) mass is 312 g/mol. The van der Waals surface area contributed by atoms with Crippen molar-refractivity contribution in [2.45, 2.75) is 19.5 Å². The number of amides is 2. The zero-order valence-corrected chi connectivity index (χ0v) is 13.9. The molecule has 2 rings (SSSR count). The molecular formula is C18H24N4O. The van der Waals surface area contributed by atoms with E-state index in [2.05, 4.69) is 51.7 Å². The third kappa shape index (κ3) is 5.38. The minimum Gasteiger partial charge on any atom is -0.336 e. The Labute approximate surface area is 137 Å². The lowest BCUT2D eigenvalue weighted by atomic mass is 10.0. The van der Waals surface area contributed by atoms with Gasteiger partial charge in [0.25, 0.3) is 0 Å². The smallest absolute Gasteiger partial charge is 0.315 e. The lowest BCUT2D eigenvalue weighted by Crippen LogP contribution is -2.40. The SMILES string of the molecule is Cc1ccc(C(CNC(=O)NCc2ccncc2)N(C)C)cc1. The highest BCUT2D eigenvalue weighted by Gasteiger charge is 2.15. The Morgan fingerprint density at radius 1 is 1.09 bits per heavy atom. The molecule has 0 aliphatic carbocycles. The maximum Gasteiger partial charge on any atom is 0.315 e. The molecule has 1 aromatic carbocycles. The molecule has 0 saturated carbocycles. The molecule has 122 valence electrons. The van der Waals surface area contributed by atoms with Crippen LogP contribution in [0.3, 0.4) is 0 Å². The predicted molar refractivity (Wildman–Crippen MR) is 92.1 cm³/mol. The van der Waals surface area contributed by atoms with Gasteiger partial charge >= 0.3 is 6.03 Å². The second-order valence-electron chi connectivity index (χ2n) is 5.81. The summed E-state index contributed by atoms with van der Waals surface area (Å²) in [4.78, 5) is 18.0. The number of urea groups is 1. The third-order valence-electron chi connectivity index (χ3n) is 3.74. The topological polar surface area (TPSA) is 57.3 Å². The number of pyridine rings is 1. The van der Waals surface area contributed by atoms with Crippen LogP contribution >= 0.6 is 0 Å². The lowest BCUT2D eigenvalue weighted by Gasteiger charge is -2.25. The summed E-state index contributed by atoms with van der Waals surface area (Å²) in [5, 5.41) is 5.80. The van der Waals surface area contributed by atoms with Crippen molar-refractivity contribution in [1.82, 2.24) is 20.5 Å². The largest absolute Gasteiger partial charge is 0.336 e. The molecular weight excluding hydrogens is 288 g/mol. The third-order valence-corrected chi connectivity index (χ3v) is 3.74. The summed E-state index contributed by atoms with van der Waals surface area (Å²) in [5.74, 6) is 0. The number of carbonyl (C=O) groups is 1. The Morgan fingerprint density at radius 2 is 1.74 bits per heavy atom. The Bertz CT molecular complexity index is 611. The average Bonchev–Trinajstić information content (AvgIpc) is 2.55. The van der Waals surface area contributed by atoms with Crippen LogP contribution in [-0.4, -0.2) is 36.6 Å². The van der Waals surface area contributed by atoms with Gasteiger partial charge in [0.15, 0.2) is 0 Å². The summed E-state index contributed by atoms with van der Waals surface area (Å²) < 4.78 is 0. The van der Waals surface area contributed by atoms with Gasteiger partial charge in [-0.1, -0.05) is 29.8 Å². The van der Waals surface area contributed by atoms with Crippen LogP contribution in [-0.2, 0) is 6.54 Å². The normalized spacial score (nSPS) is 12.0. The number of hydrogen-bond acceptors (Lipinski definition) is 3. The molecule has 5 heteroatoms. The van der Waals surface area contributed by atoms with E-state index in [0.717, 1.165) is 5.56 Å². The van der Waals surface area contributed by atoms with E-state index in [1.165, 1.54) is 11.1 Å². The van der Waals surface area contributed by atoms with Gasteiger partial charge < -0.3 is 15.5 Å². The molecule has 2 amide bonds. The first-order chi connectivity index (χ1) is 11.1. The van der Waals surface area contributed by atoms with Gasteiger partial charge in [-0.05, 0) is 44.3 Å². The lowest BCUT2D eigenvalue weighted by molar-refractivity contribution is 0.232. The van der Waals surface area contributed by atoms with E-state index in [-0.39, 0.29) is 12.1 Å². The minimum atomic E-state index is -0.166. The van der Waals surface area contributed by atoms with E-state index in [1.807, 2.05) is 26.2 Å². The molecule has 1 unspecified atom stereocenters. The summed E-state index contributed by atoms with van der Waals surface area (Å²) in [6.07, 6.45) is 3.43. The standard InChI is InChI=1S/C18H24N4O/c1-14-4-6-16(7-5-14)17(22(2)3)13-21-18(23)20-12-15-8-10-19-11-9-15/h4-11,17H,12-13H2,1-3H3,(H2,20,21,23). The average molecular weight is 312 g/mol. The van der Waals surface area contributed by atoms with Crippen LogP contribution in [0.15, 0.2) is 48.8 Å². The summed E-state index contributed by atoms with van der Waals surface area (Å²) in [6, 6.07) is 12.1. The van der Waals surface area contributed by atoms with Crippen molar-refractivity contribution in [1.29, 1.82) is 0 Å². The summed E-state index contributed by atoms with van der Waals surface area (Å²) >= 11 is 0. The molecule has 0 bridgehead atoms. The van der Waals surface area contributed by atoms with Gasteiger partial charge in [0.1, 0.15) is 0 Å². The van der Waals surface area contributed by atoms with Crippen molar-refractivity contribution in [3.63, 3.8) is 0 Å². The summed E-state index contributed by atoms with van der Waals surface area (Å²) in [5.41, 5.74) is 3.45. The molecule has 0 saturated heterocycles.